The fraction of sp³-hybridized carbons (Fsp3) is 0. The van der Waals surface area contributed by atoms with Crippen LogP contribution >= 0.6 is 11.6 Å². The van der Waals surface area contributed by atoms with E-state index in [0.717, 1.165) is 16.9 Å². The topological polar surface area (TPSA) is 84.0 Å². The number of nitrogens with one attached hydrogen (secondary N) is 1. The van der Waals surface area contributed by atoms with Crippen LogP contribution in [0.1, 0.15) is 5.56 Å². The van der Waals surface area contributed by atoms with Crippen LogP contribution in [0.3, 0.4) is 0 Å². The van der Waals surface area contributed by atoms with Gasteiger partial charge < -0.3 is 10.2 Å². The van der Waals surface area contributed by atoms with Crippen molar-refractivity contribution in [1.82, 2.24) is 4.98 Å². The van der Waals surface area contributed by atoms with Gasteiger partial charge in [-0.15, -0.1) is 0 Å². The Morgan fingerprint density at radius 1 is 0.833 bits per heavy atom. The van der Waals surface area contributed by atoms with Crippen LogP contribution in [0.15, 0.2) is 84.9 Å². The summed E-state index contributed by atoms with van der Waals surface area (Å²) in [5.41, 5.74) is 5.47. The van der Waals surface area contributed by atoms with Gasteiger partial charge in [0.2, 0.25) is 0 Å². The third kappa shape index (κ3) is 3.83. The predicted molar refractivity (Wildman–Crippen MR) is 119 cm³/mol. The fourth-order valence-corrected chi connectivity index (χ4v) is 3.48. The first-order chi connectivity index (χ1) is 14.7. The Morgan fingerprint density at radius 3 is 2.03 bits per heavy atom. The van der Waals surface area contributed by atoms with Gasteiger partial charge in [0, 0.05) is 11.1 Å². The standard InChI is InChI=1S/C24H17ClN4O/c25-22-20(15-26)23(28-24(29-27)21(22)16-7-3-1-4-8-16)17-11-13-19(14-12-17)30-18-9-5-2-6-10-18/h1-14H,27H2,(H,28,29). The highest BCUT2D eigenvalue weighted by Crippen LogP contribution is 2.40. The van der Waals surface area contributed by atoms with Crippen molar-refractivity contribution in [2.45, 2.75) is 0 Å². The molecule has 0 aliphatic carbocycles. The lowest BCUT2D eigenvalue weighted by molar-refractivity contribution is 0.483. The summed E-state index contributed by atoms with van der Waals surface area (Å²) in [6, 6.07) is 28.4. The molecule has 0 fully saturated rings. The highest BCUT2D eigenvalue weighted by Gasteiger charge is 2.20. The number of benzene rings is 3. The highest BCUT2D eigenvalue weighted by atomic mass is 35.5. The van der Waals surface area contributed by atoms with E-state index in [-0.39, 0.29) is 5.56 Å². The summed E-state index contributed by atoms with van der Waals surface area (Å²) >= 11 is 6.64. The second kappa shape index (κ2) is 8.66. The molecule has 146 valence electrons. The molecule has 0 bridgehead atoms. The Bertz CT molecular complexity index is 1200. The Labute approximate surface area is 179 Å². The molecule has 0 aliphatic rings. The van der Waals surface area contributed by atoms with Gasteiger partial charge in [-0.1, -0.05) is 60.1 Å². The van der Waals surface area contributed by atoms with Gasteiger partial charge in [0.05, 0.1) is 16.3 Å². The van der Waals surface area contributed by atoms with Crippen molar-refractivity contribution in [3.8, 4) is 40.0 Å². The van der Waals surface area contributed by atoms with Gasteiger partial charge in [-0.25, -0.2) is 10.8 Å². The van der Waals surface area contributed by atoms with E-state index < -0.39 is 0 Å². The molecule has 4 aromatic rings. The molecule has 0 aliphatic heterocycles. The molecule has 0 amide bonds. The molecule has 0 unspecified atom stereocenters. The number of aromatic nitrogens is 1. The van der Waals surface area contributed by atoms with Crippen LogP contribution in [0, 0.1) is 11.3 Å². The van der Waals surface area contributed by atoms with E-state index in [4.69, 9.17) is 22.2 Å². The lowest BCUT2D eigenvalue weighted by atomic mass is 10.00. The molecule has 0 atom stereocenters. The van der Waals surface area contributed by atoms with Crippen LogP contribution in [0.2, 0.25) is 5.02 Å². The van der Waals surface area contributed by atoms with Crippen molar-refractivity contribution in [2.24, 2.45) is 5.84 Å². The fourth-order valence-electron chi connectivity index (χ4n) is 3.15. The van der Waals surface area contributed by atoms with Crippen molar-refractivity contribution >= 4 is 17.4 Å². The molecule has 6 heteroatoms. The van der Waals surface area contributed by atoms with E-state index in [0.29, 0.717) is 27.8 Å². The molecule has 30 heavy (non-hydrogen) atoms. The quantitative estimate of drug-likeness (QED) is 0.309. The first-order valence-corrected chi connectivity index (χ1v) is 9.58. The third-order valence-electron chi connectivity index (χ3n) is 4.55. The predicted octanol–water partition coefficient (Wildman–Crippen LogP) is 6.02. The zero-order chi connectivity index (χ0) is 20.9. The maximum atomic E-state index is 9.79. The molecule has 4 rings (SSSR count). The van der Waals surface area contributed by atoms with Crippen LogP contribution in [0.25, 0.3) is 22.4 Å². The zero-order valence-electron chi connectivity index (χ0n) is 15.8. The van der Waals surface area contributed by atoms with E-state index in [2.05, 4.69) is 16.5 Å². The summed E-state index contributed by atoms with van der Waals surface area (Å²) in [6.45, 7) is 0. The Hall–Kier alpha value is -3.85. The van der Waals surface area contributed by atoms with Crippen LogP contribution < -0.4 is 16.0 Å². The van der Waals surface area contributed by atoms with Gasteiger partial charge in [0.15, 0.2) is 0 Å². The van der Waals surface area contributed by atoms with Crippen molar-refractivity contribution in [3.05, 3.63) is 95.5 Å². The summed E-state index contributed by atoms with van der Waals surface area (Å²) in [4.78, 5) is 4.60. The lowest BCUT2D eigenvalue weighted by Crippen LogP contribution is -2.11. The average molecular weight is 413 g/mol. The monoisotopic (exact) mass is 412 g/mol. The number of pyridine rings is 1. The van der Waals surface area contributed by atoms with Crippen molar-refractivity contribution in [1.29, 1.82) is 5.26 Å². The van der Waals surface area contributed by atoms with Gasteiger partial charge in [0.25, 0.3) is 0 Å². The number of rotatable bonds is 5. The second-order valence-corrected chi connectivity index (χ2v) is 6.81. The van der Waals surface area contributed by atoms with Gasteiger partial charge >= 0.3 is 0 Å². The van der Waals surface area contributed by atoms with E-state index in [1.165, 1.54) is 0 Å². The van der Waals surface area contributed by atoms with E-state index in [9.17, 15) is 5.26 Å². The number of nitrogen functional groups attached to an aromatic ring is 1. The van der Waals surface area contributed by atoms with Crippen LogP contribution in [-0.4, -0.2) is 4.98 Å². The maximum absolute atomic E-state index is 9.79. The average Bonchev–Trinajstić information content (AvgIpc) is 2.80. The number of hydrogen-bond acceptors (Lipinski definition) is 5. The minimum Gasteiger partial charge on any atom is -0.457 e. The smallest absolute Gasteiger partial charge is 0.150 e. The van der Waals surface area contributed by atoms with Crippen molar-refractivity contribution in [3.63, 3.8) is 0 Å². The summed E-state index contributed by atoms with van der Waals surface area (Å²) < 4.78 is 5.83. The highest BCUT2D eigenvalue weighted by molar-refractivity contribution is 6.35. The largest absolute Gasteiger partial charge is 0.457 e. The first-order valence-electron chi connectivity index (χ1n) is 9.20. The zero-order valence-corrected chi connectivity index (χ0v) is 16.6. The molecule has 5 nitrogen and oxygen atoms in total. The number of nitriles is 1. The van der Waals surface area contributed by atoms with Gasteiger partial charge in [-0.05, 0) is 42.0 Å². The molecule has 3 aromatic carbocycles. The van der Waals surface area contributed by atoms with Crippen molar-refractivity contribution < 1.29 is 4.74 Å². The van der Waals surface area contributed by atoms with Gasteiger partial charge in [0.1, 0.15) is 23.4 Å². The number of hydrazine groups is 1. The Balaban J connectivity index is 1.76. The van der Waals surface area contributed by atoms with Crippen molar-refractivity contribution in [2.75, 3.05) is 5.43 Å². The Kier molecular flexibility index (Phi) is 5.62. The molecule has 0 radical (unpaired) electrons. The first kappa shape index (κ1) is 19.5. The van der Waals surface area contributed by atoms with E-state index in [1.54, 1.807) is 0 Å². The van der Waals surface area contributed by atoms with Crippen LogP contribution in [-0.2, 0) is 0 Å². The van der Waals surface area contributed by atoms with Gasteiger partial charge in [-0.3, -0.25) is 0 Å². The minimum atomic E-state index is 0.284. The number of nitrogens with two attached hydrogens (primary N) is 1. The maximum Gasteiger partial charge on any atom is 0.150 e. The Morgan fingerprint density at radius 2 is 1.43 bits per heavy atom. The summed E-state index contributed by atoms with van der Waals surface area (Å²) in [5, 5.41) is 10.1. The molecule has 0 saturated carbocycles. The molecule has 0 saturated heterocycles. The number of nitrogens with zero attached hydrogens (tertiary/aromatic N) is 2. The number of anilines is 1. The number of halogens is 1. The lowest BCUT2D eigenvalue weighted by Gasteiger charge is -2.15. The molecular weight excluding hydrogens is 396 g/mol. The van der Waals surface area contributed by atoms with E-state index >= 15 is 0 Å². The normalized spacial score (nSPS) is 10.3. The van der Waals surface area contributed by atoms with Gasteiger partial charge in [-0.2, -0.15) is 5.26 Å². The van der Waals surface area contributed by atoms with E-state index in [1.807, 2.05) is 84.9 Å². The number of hydrogen-bond donors (Lipinski definition) is 2. The van der Waals surface area contributed by atoms with Crippen LogP contribution in [0.5, 0.6) is 11.5 Å². The molecule has 1 heterocycles. The summed E-state index contributed by atoms with van der Waals surface area (Å²) in [6.07, 6.45) is 0. The summed E-state index contributed by atoms with van der Waals surface area (Å²) in [7, 11) is 0. The molecule has 1 aromatic heterocycles. The molecule has 3 N–H and O–H groups in total. The third-order valence-corrected chi connectivity index (χ3v) is 4.93. The SMILES string of the molecule is N#Cc1c(-c2ccc(Oc3ccccc3)cc2)nc(NN)c(-c2ccccc2)c1Cl. The molecular formula is C24H17ClN4O. The second-order valence-electron chi connectivity index (χ2n) is 6.43. The number of para-hydroxylation sites is 1. The summed E-state index contributed by atoms with van der Waals surface area (Å²) in [5.74, 6) is 7.54. The minimum absolute atomic E-state index is 0.284. The van der Waals surface area contributed by atoms with Crippen LogP contribution in [0.4, 0.5) is 5.82 Å². The number of ether oxygens (including phenoxy) is 1. The molecule has 0 spiro atoms.